The molecule has 2 heterocycles. The van der Waals surface area contributed by atoms with Gasteiger partial charge in [0.1, 0.15) is 5.75 Å². The fourth-order valence-corrected chi connectivity index (χ4v) is 3.37. The lowest BCUT2D eigenvalue weighted by atomic mass is 9.91. The second-order valence-electron chi connectivity index (χ2n) is 6.34. The van der Waals surface area contributed by atoms with Gasteiger partial charge >= 0.3 is 0 Å². The van der Waals surface area contributed by atoms with E-state index in [0.717, 1.165) is 31.8 Å². The number of fused-ring (bicyclic) bond motifs is 1. The Balaban J connectivity index is 1.78. The molecule has 1 saturated heterocycles. The van der Waals surface area contributed by atoms with Gasteiger partial charge in [-0.2, -0.15) is 0 Å². The maximum absolute atomic E-state index is 5.96. The number of benzene rings is 1. The Labute approximate surface area is 121 Å². The third-order valence-electron chi connectivity index (χ3n) is 4.89. The van der Waals surface area contributed by atoms with Crippen molar-refractivity contribution in [2.75, 3.05) is 13.2 Å². The zero-order chi connectivity index (χ0) is 14.2. The first-order valence-corrected chi connectivity index (χ1v) is 7.72. The summed E-state index contributed by atoms with van der Waals surface area (Å²) < 4.78 is 11.8. The van der Waals surface area contributed by atoms with Gasteiger partial charge in [-0.05, 0) is 39.2 Å². The van der Waals surface area contributed by atoms with Crippen LogP contribution >= 0.6 is 0 Å². The summed E-state index contributed by atoms with van der Waals surface area (Å²) in [6.45, 7) is 8.28. The van der Waals surface area contributed by atoms with Crippen LogP contribution in [0, 0.1) is 6.92 Å². The van der Waals surface area contributed by atoms with E-state index in [-0.39, 0.29) is 5.60 Å². The number of hydrogen-bond acceptors (Lipinski definition) is 3. The monoisotopic (exact) mass is 275 g/mol. The van der Waals surface area contributed by atoms with E-state index in [2.05, 4.69) is 44.3 Å². The SMILES string of the molecule is Cc1cccc2c1OCC[C@@H]2N[C@H](C)[C@]1(C)CCCO1. The summed E-state index contributed by atoms with van der Waals surface area (Å²) in [6, 6.07) is 7.14. The smallest absolute Gasteiger partial charge is 0.126 e. The lowest BCUT2D eigenvalue weighted by Crippen LogP contribution is -2.48. The fraction of sp³-hybridized carbons (Fsp3) is 0.647. The minimum atomic E-state index is -0.0255. The van der Waals surface area contributed by atoms with Gasteiger partial charge in [-0.25, -0.2) is 0 Å². The van der Waals surface area contributed by atoms with E-state index in [9.17, 15) is 0 Å². The first-order chi connectivity index (χ1) is 9.60. The van der Waals surface area contributed by atoms with Gasteiger partial charge in [-0.15, -0.1) is 0 Å². The van der Waals surface area contributed by atoms with Crippen molar-refractivity contribution in [1.82, 2.24) is 5.32 Å². The fourth-order valence-electron chi connectivity index (χ4n) is 3.37. The maximum atomic E-state index is 5.96. The Kier molecular flexibility index (Phi) is 3.74. The van der Waals surface area contributed by atoms with Crippen LogP contribution in [0.3, 0.4) is 0 Å². The topological polar surface area (TPSA) is 30.5 Å². The van der Waals surface area contributed by atoms with Crippen LogP contribution < -0.4 is 10.1 Å². The number of aryl methyl sites for hydroxylation is 1. The van der Waals surface area contributed by atoms with Crippen molar-refractivity contribution in [3.05, 3.63) is 29.3 Å². The second-order valence-corrected chi connectivity index (χ2v) is 6.34. The highest BCUT2D eigenvalue weighted by molar-refractivity contribution is 5.43. The quantitative estimate of drug-likeness (QED) is 0.917. The zero-order valence-corrected chi connectivity index (χ0v) is 12.7. The lowest BCUT2D eigenvalue weighted by Gasteiger charge is -2.36. The molecule has 0 spiro atoms. The van der Waals surface area contributed by atoms with Gasteiger partial charge in [0.05, 0.1) is 12.2 Å². The minimum Gasteiger partial charge on any atom is -0.493 e. The molecule has 3 heteroatoms. The number of ether oxygens (including phenoxy) is 2. The predicted octanol–water partition coefficient (Wildman–Crippen LogP) is 3.37. The molecule has 0 aliphatic carbocycles. The Morgan fingerprint density at radius 1 is 1.35 bits per heavy atom. The van der Waals surface area contributed by atoms with Crippen LogP contribution in [-0.2, 0) is 4.74 Å². The van der Waals surface area contributed by atoms with Crippen molar-refractivity contribution < 1.29 is 9.47 Å². The van der Waals surface area contributed by atoms with E-state index in [4.69, 9.17) is 9.47 Å². The van der Waals surface area contributed by atoms with Crippen molar-refractivity contribution in [3.8, 4) is 5.75 Å². The summed E-state index contributed by atoms with van der Waals surface area (Å²) in [4.78, 5) is 0. The molecule has 3 rings (SSSR count). The standard InChI is InChI=1S/C17H25NO2/c1-12-6-4-7-14-15(8-11-19-16(12)14)18-13(2)17(3)9-5-10-20-17/h4,6-7,13,15,18H,5,8-11H2,1-3H3/t13-,15+,17+/m1/s1. The zero-order valence-electron chi connectivity index (χ0n) is 12.7. The van der Waals surface area contributed by atoms with Gasteiger partial charge in [0.25, 0.3) is 0 Å². The van der Waals surface area contributed by atoms with Crippen molar-refractivity contribution in [2.45, 2.75) is 57.7 Å². The molecule has 20 heavy (non-hydrogen) atoms. The summed E-state index contributed by atoms with van der Waals surface area (Å²) >= 11 is 0. The molecule has 2 aliphatic rings. The molecule has 0 bridgehead atoms. The van der Waals surface area contributed by atoms with Gasteiger partial charge in [-0.3, -0.25) is 0 Å². The largest absolute Gasteiger partial charge is 0.493 e. The van der Waals surface area contributed by atoms with E-state index in [1.807, 2.05) is 0 Å². The Morgan fingerprint density at radius 2 is 2.20 bits per heavy atom. The molecule has 0 amide bonds. The Bertz CT molecular complexity index is 480. The molecule has 2 aliphatic heterocycles. The number of hydrogen-bond donors (Lipinski definition) is 1. The van der Waals surface area contributed by atoms with Crippen molar-refractivity contribution >= 4 is 0 Å². The summed E-state index contributed by atoms with van der Waals surface area (Å²) in [6.07, 6.45) is 3.34. The minimum absolute atomic E-state index is 0.0255. The average molecular weight is 275 g/mol. The van der Waals surface area contributed by atoms with E-state index in [0.29, 0.717) is 12.1 Å². The molecule has 0 unspecified atom stereocenters. The third-order valence-corrected chi connectivity index (χ3v) is 4.89. The molecule has 110 valence electrons. The van der Waals surface area contributed by atoms with Crippen molar-refractivity contribution in [3.63, 3.8) is 0 Å². The average Bonchev–Trinajstić information content (AvgIpc) is 2.88. The van der Waals surface area contributed by atoms with E-state index >= 15 is 0 Å². The molecule has 3 nitrogen and oxygen atoms in total. The summed E-state index contributed by atoms with van der Waals surface area (Å²) in [5, 5.41) is 3.78. The van der Waals surface area contributed by atoms with Crippen LogP contribution in [0.25, 0.3) is 0 Å². The van der Waals surface area contributed by atoms with E-state index < -0.39 is 0 Å². The molecular weight excluding hydrogens is 250 g/mol. The van der Waals surface area contributed by atoms with E-state index in [1.54, 1.807) is 0 Å². The third kappa shape index (κ3) is 2.45. The summed E-state index contributed by atoms with van der Waals surface area (Å²) in [5.74, 6) is 1.07. The first-order valence-electron chi connectivity index (χ1n) is 7.72. The first kappa shape index (κ1) is 13.9. The highest BCUT2D eigenvalue weighted by Crippen LogP contribution is 2.36. The van der Waals surface area contributed by atoms with Crippen LogP contribution in [0.1, 0.15) is 50.3 Å². The molecule has 0 aromatic heterocycles. The molecule has 3 atom stereocenters. The van der Waals surface area contributed by atoms with Crippen LogP contribution in [0.4, 0.5) is 0 Å². The Hall–Kier alpha value is -1.06. The van der Waals surface area contributed by atoms with Crippen LogP contribution in [0.15, 0.2) is 18.2 Å². The van der Waals surface area contributed by atoms with Crippen LogP contribution in [0.5, 0.6) is 5.75 Å². The molecule has 1 aromatic carbocycles. The van der Waals surface area contributed by atoms with Crippen molar-refractivity contribution in [2.24, 2.45) is 0 Å². The van der Waals surface area contributed by atoms with Gasteiger partial charge in [0, 0.05) is 30.7 Å². The maximum Gasteiger partial charge on any atom is 0.126 e. The number of para-hydroxylation sites is 1. The number of rotatable bonds is 3. The van der Waals surface area contributed by atoms with E-state index in [1.165, 1.54) is 17.5 Å². The molecule has 0 radical (unpaired) electrons. The lowest BCUT2D eigenvalue weighted by molar-refractivity contribution is -0.0109. The van der Waals surface area contributed by atoms with Gasteiger partial charge in [0.15, 0.2) is 0 Å². The highest BCUT2D eigenvalue weighted by atomic mass is 16.5. The molecule has 0 saturated carbocycles. The van der Waals surface area contributed by atoms with Gasteiger partial charge in [0.2, 0.25) is 0 Å². The molecular formula is C17H25NO2. The second kappa shape index (κ2) is 5.38. The molecule has 1 aromatic rings. The summed E-state index contributed by atoms with van der Waals surface area (Å²) in [7, 11) is 0. The van der Waals surface area contributed by atoms with Crippen molar-refractivity contribution in [1.29, 1.82) is 0 Å². The molecule has 1 fully saturated rings. The van der Waals surface area contributed by atoms with Crippen LogP contribution in [0.2, 0.25) is 0 Å². The van der Waals surface area contributed by atoms with Gasteiger partial charge < -0.3 is 14.8 Å². The normalized spacial score (nSPS) is 30.6. The predicted molar refractivity (Wildman–Crippen MR) is 80.2 cm³/mol. The summed E-state index contributed by atoms with van der Waals surface area (Å²) in [5.41, 5.74) is 2.50. The van der Waals surface area contributed by atoms with Crippen LogP contribution in [-0.4, -0.2) is 24.9 Å². The van der Waals surface area contributed by atoms with Gasteiger partial charge in [-0.1, -0.05) is 18.2 Å². The number of nitrogens with one attached hydrogen (secondary N) is 1. The highest BCUT2D eigenvalue weighted by Gasteiger charge is 2.37. The molecule has 1 N–H and O–H groups in total. The Morgan fingerprint density at radius 3 is 2.95 bits per heavy atom.